The number of carbonyl (C=O) groups is 1. The highest BCUT2D eigenvalue weighted by Crippen LogP contribution is 2.31. The monoisotopic (exact) mass is 396 g/mol. The summed E-state index contributed by atoms with van der Waals surface area (Å²) in [6, 6.07) is 28.8. The summed E-state index contributed by atoms with van der Waals surface area (Å²) in [4.78, 5) is 17.1. The van der Waals surface area contributed by atoms with Crippen molar-refractivity contribution in [2.45, 2.75) is 0 Å². The second kappa shape index (κ2) is 7.37. The molecule has 140 valence electrons. The van der Waals surface area contributed by atoms with Crippen molar-refractivity contribution in [3.05, 3.63) is 96.6 Å². The summed E-state index contributed by atoms with van der Waals surface area (Å²) in [6.45, 7) is 0. The van der Waals surface area contributed by atoms with E-state index in [2.05, 4.69) is 10.3 Å². The molecule has 5 rings (SSSR count). The topological polar surface area (TPSA) is 51.2 Å². The number of nitrogens with zero attached hydrogens (tertiary/aromatic N) is 1. The SMILES string of the molecule is O=C(Nc1cccc2ccccc12)c1ccc(Oc2nc3ccccc3s2)cc1. The van der Waals surface area contributed by atoms with Gasteiger partial charge in [0.25, 0.3) is 11.1 Å². The number of amides is 1. The molecule has 1 amide bonds. The zero-order chi connectivity index (χ0) is 19.6. The Bertz CT molecular complexity index is 1290. The highest BCUT2D eigenvalue weighted by atomic mass is 32.1. The maximum atomic E-state index is 12.7. The first-order valence-electron chi connectivity index (χ1n) is 9.19. The van der Waals surface area contributed by atoms with E-state index in [0.717, 1.165) is 26.7 Å². The van der Waals surface area contributed by atoms with Gasteiger partial charge in [0.1, 0.15) is 5.75 Å². The summed E-state index contributed by atoms with van der Waals surface area (Å²) in [5.74, 6) is 0.485. The van der Waals surface area contributed by atoms with Crippen LogP contribution in [0.1, 0.15) is 10.4 Å². The number of benzene rings is 4. The minimum atomic E-state index is -0.159. The fourth-order valence-corrected chi connectivity index (χ4v) is 4.03. The van der Waals surface area contributed by atoms with E-state index in [0.29, 0.717) is 16.5 Å². The molecule has 0 aliphatic heterocycles. The lowest BCUT2D eigenvalue weighted by Gasteiger charge is -2.09. The quantitative estimate of drug-likeness (QED) is 0.377. The molecule has 1 aromatic heterocycles. The molecule has 5 heteroatoms. The van der Waals surface area contributed by atoms with E-state index in [1.165, 1.54) is 11.3 Å². The Morgan fingerprint density at radius 3 is 2.45 bits per heavy atom. The molecule has 29 heavy (non-hydrogen) atoms. The van der Waals surface area contributed by atoms with E-state index in [-0.39, 0.29) is 5.91 Å². The molecule has 1 N–H and O–H groups in total. The Morgan fingerprint density at radius 2 is 1.59 bits per heavy atom. The second-order valence-electron chi connectivity index (χ2n) is 6.55. The zero-order valence-corrected chi connectivity index (χ0v) is 16.1. The van der Waals surface area contributed by atoms with Gasteiger partial charge in [-0.25, -0.2) is 4.98 Å². The number of carbonyl (C=O) groups excluding carboxylic acids is 1. The predicted octanol–water partition coefficient (Wildman–Crippen LogP) is 6.49. The van der Waals surface area contributed by atoms with Crippen LogP contribution >= 0.6 is 11.3 Å². The number of fused-ring (bicyclic) bond motifs is 2. The molecule has 0 spiro atoms. The lowest BCUT2D eigenvalue weighted by molar-refractivity contribution is 0.102. The van der Waals surface area contributed by atoms with Crippen LogP contribution in [0.4, 0.5) is 5.69 Å². The van der Waals surface area contributed by atoms with E-state index in [9.17, 15) is 4.79 Å². The molecule has 0 aliphatic carbocycles. The number of hydrogen-bond donors (Lipinski definition) is 1. The Morgan fingerprint density at radius 1 is 0.828 bits per heavy atom. The smallest absolute Gasteiger partial charge is 0.279 e. The molecule has 0 fully saturated rings. The van der Waals surface area contributed by atoms with Crippen LogP contribution in [0.15, 0.2) is 91.0 Å². The summed E-state index contributed by atoms with van der Waals surface area (Å²) >= 11 is 1.49. The van der Waals surface area contributed by atoms with Crippen LogP contribution in [0.2, 0.25) is 0 Å². The van der Waals surface area contributed by atoms with Crippen LogP contribution in [-0.2, 0) is 0 Å². The molecule has 0 unspecified atom stereocenters. The lowest BCUT2D eigenvalue weighted by Crippen LogP contribution is -2.11. The Labute approximate surface area is 171 Å². The number of rotatable bonds is 4. The van der Waals surface area contributed by atoms with Gasteiger partial charge in [-0.15, -0.1) is 0 Å². The lowest BCUT2D eigenvalue weighted by atomic mass is 10.1. The Kier molecular flexibility index (Phi) is 4.42. The van der Waals surface area contributed by atoms with Gasteiger partial charge in [0.15, 0.2) is 0 Å². The molecule has 1 heterocycles. The zero-order valence-electron chi connectivity index (χ0n) is 15.3. The summed E-state index contributed by atoms with van der Waals surface area (Å²) in [5.41, 5.74) is 2.27. The third kappa shape index (κ3) is 3.56. The Hall–Kier alpha value is -3.70. The second-order valence-corrected chi connectivity index (χ2v) is 7.55. The molecule has 4 aromatic carbocycles. The summed E-state index contributed by atoms with van der Waals surface area (Å²) in [5, 5.41) is 5.68. The average Bonchev–Trinajstić information content (AvgIpc) is 3.17. The Balaban J connectivity index is 1.33. The van der Waals surface area contributed by atoms with E-state index in [4.69, 9.17) is 4.74 Å². The summed E-state index contributed by atoms with van der Waals surface area (Å²) in [6.07, 6.45) is 0. The van der Waals surface area contributed by atoms with Gasteiger partial charge in [-0.3, -0.25) is 4.79 Å². The normalized spacial score (nSPS) is 10.9. The van der Waals surface area contributed by atoms with Crippen LogP contribution in [0.3, 0.4) is 0 Å². The standard InChI is InChI=1S/C24H16N2O2S/c27-23(25-20-10-5-7-16-6-1-2-8-19(16)20)17-12-14-18(15-13-17)28-24-26-21-9-3-4-11-22(21)29-24/h1-15H,(H,25,27). The van der Waals surface area contributed by atoms with Crippen molar-refractivity contribution in [2.75, 3.05) is 5.32 Å². The number of aromatic nitrogens is 1. The summed E-state index contributed by atoms with van der Waals surface area (Å²) < 4.78 is 6.93. The first kappa shape index (κ1) is 17.4. The van der Waals surface area contributed by atoms with E-state index in [1.807, 2.05) is 66.7 Å². The number of nitrogens with one attached hydrogen (secondary N) is 1. The van der Waals surface area contributed by atoms with Crippen molar-refractivity contribution in [3.63, 3.8) is 0 Å². The van der Waals surface area contributed by atoms with Crippen molar-refractivity contribution >= 4 is 43.9 Å². The molecular weight excluding hydrogens is 380 g/mol. The van der Waals surface area contributed by atoms with Crippen molar-refractivity contribution in [1.82, 2.24) is 4.98 Å². The van der Waals surface area contributed by atoms with Crippen molar-refractivity contribution in [2.24, 2.45) is 0 Å². The fraction of sp³-hybridized carbons (Fsp3) is 0. The van der Waals surface area contributed by atoms with Gasteiger partial charge in [-0.1, -0.05) is 59.9 Å². The first-order valence-corrected chi connectivity index (χ1v) is 10.0. The van der Waals surface area contributed by atoms with Gasteiger partial charge in [0, 0.05) is 16.6 Å². The number of hydrogen-bond acceptors (Lipinski definition) is 4. The van der Waals surface area contributed by atoms with Gasteiger partial charge in [-0.05, 0) is 47.9 Å². The van der Waals surface area contributed by atoms with Crippen LogP contribution in [-0.4, -0.2) is 10.9 Å². The van der Waals surface area contributed by atoms with Gasteiger partial charge >= 0.3 is 0 Å². The molecule has 0 atom stereocenters. The predicted molar refractivity (Wildman–Crippen MR) is 118 cm³/mol. The van der Waals surface area contributed by atoms with E-state index in [1.54, 1.807) is 24.3 Å². The fourth-order valence-electron chi connectivity index (χ4n) is 3.20. The van der Waals surface area contributed by atoms with Crippen molar-refractivity contribution < 1.29 is 9.53 Å². The number of thiazole rings is 1. The van der Waals surface area contributed by atoms with Crippen molar-refractivity contribution in [1.29, 1.82) is 0 Å². The highest BCUT2D eigenvalue weighted by Gasteiger charge is 2.10. The van der Waals surface area contributed by atoms with Gasteiger partial charge in [0.2, 0.25) is 0 Å². The van der Waals surface area contributed by atoms with Gasteiger partial charge in [0.05, 0.1) is 10.2 Å². The molecule has 4 nitrogen and oxygen atoms in total. The maximum absolute atomic E-state index is 12.7. The third-order valence-corrected chi connectivity index (χ3v) is 5.55. The molecule has 0 radical (unpaired) electrons. The number of para-hydroxylation sites is 1. The van der Waals surface area contributed by atoms with E-state index >= 15 is 0 Å². The number of anilines is 1. The average molecular weight is 396 g/mol. The molecule has 0 saturated heterocycles. The minimum Gasteiger partial charge on any atom is -0.431 e. The number of ether oxygens (including phenoxy) is 1. The van der Waals surface area contributed by atoms with Crippen LogP contribution < -0.4 is 10.1 Å². The molecular formula is C24H16N2O2S. The van der Waals surface area contributed by atoms with Crippen LogP contribution in [0.5, 0.6) is 10.9 Å². The molecule has 0 saturated carbocycles. The molecule has 0 aliphatic rings. The van der Waals surface area contributed by atoms with E-state index < -0.39 is 0 Å². The van der Waals surface area contributed by atoms with Gasteiger partial charge < -0.3 is 10.1 Å². The third-order valence-electron chi connectivity index (χ3n) is 4.63. The van der Waals surface area contributed by atoms with Crippen LogP contribution in [0.25, 0.3) is 21.0 Å². The minimum absolute atomic E-state index is 0.159. The van der Waals surface area contributed by atoms with Crippen molar-refractivity contribution in [3.8, 4) is 10.9 Å². The largest absolute Gasteiger partial charge is 0.431 e. The molecule has 5 aromatic rings. The highest BCUT2D eigenvalue weighted by molar-refractivity contribution is 7.20. The van der Waals surface area contributed by atoms with Crippen LogP contribution in [0, 0.1) is 0 Å². The maximum Gasteiger partial charge on any atom is 0.279 e. The summed E-state index contributed by atoms with van der Waals surface area (Å²) in [7, 11) is 0. The molecule has 0 bridgehead atoms. The first-order chi connectivity index (χ1) is 14.3. The van der Waals surface area contributed by atoms with Gasteiger partial charge in [-0.2, -0.15) is 0 Å².